The van der Waals surface area contributed by atoms with Crippen molar-refractivity contribution in [3.05, 3.63) is 29.3 Å². The van der Waals surface area contributed by atoms with E-state index in [4.69, 9.17) is 11.6 Å². The van der Waals surface area contributed by atoms with E-state index in [-0.39, 0.29) is 24.4 Å². The highest BCUT2D eigenvalue weighted by Crippen LogP contribution is 2.12. The van der Waals surface area contributed by atoms with Crippen LogP contribution in [0.15, 0.2) is 24.3 Å². The van der Waals surface area contributed by atoms with Crippen LogP contribution in [-0.4, -0.2) is 42.4 Å². The van der Waals surface area contributed by atoms with E-state index in [9.17, 15) is 9.59 Å². The van der Waals surface area contributed by atoms with E-state index in [1.165, 1.54) is 0 Å². The summed E-state index contributed by atoms with van der Waals surface area (Å²) in [6.45, 7) is 7.03. The Balaban J connectivity index is 2.42. The maximum atomic E-state index is 12.0. The quantitative estimate of drug-likeness (QED) is 0.811. The van der Waals surface area contributed by atoms with Crippen LogP contribution in [0.5, 0.6) is 0 Å². The molecule has 6 heteroatoms. The molecule has 1 aromatic rings. The van der Waals surface area contributed by atoms with Crippen LogP contribution in [0, 0.1) is 0 Å². The standard InChI is InChI=1S/C15H22ClN3O2/c1-4-19(5-2)15(21)11(3)17-10-14(20)18-13-8-6-12(16)7-9-13/h6-9,11,17H,4-5,10H2,1-3H3,(H,18,20). The number of benzene rings is 1. The van der Waals surface area contributed by atoms with E-state index in [0.29, 0.717) is 23.8 Å². The number of amides is 2. The lowest BCUT2D eigenvalue weighted by Gasteiger charge is -2.23. The topological polar surface area (TPSA) is 61.4 Å². The van der Waals surface area contributed by atoms with E-state index in [1.807, 2.05) is 13.8 Å². The second-order valence-corrected chi connectivity index (χ2v) is 5.10. The van der Waals surface area contributed by atoms with Crippen molar-refractivity contribution < 1.29 is 9.59 Å². The molecule has 0 aliphatic heterocycles. The number of nitrogens with zero attached hydrogens (tertiary/aromatic N) is 1. The molecule has 21 heavy (non-hydrogen) atoms. The predicted octanol–water partition coefficient (Wildman–Crippen LogP) is 2.12. The van der Waals surface area contributed by atoms with Gasteiger partial charge in [0.15, 0.2) is 0 Å². The molecule has 1 aromatic carbocycles. The van der Waals surface area contributed by atoms with Gasteiger partial charge in [-0.1, -0.05) is 11.6 Å². The number of hydrogen-bond acceptors (Lipinski definition) is 3. The summed E-state index contributed by atoms with van der Waals surface area (Å²) in [6.07, 6.45) is 0. The highest BCUT2D eigenvalue weighted by molar-refractivity contribution is 6.30. The molecule has 0 bridgehead atoms. The van der Waals surface area contributed by atoms with Crippen LogP contribution in [0.25, 0.3) is 0 Å². The number of likely N-dealkylation sites (N-methyl/N-ethyl adjacent to an activating group) is 1. The molecular formula is C15H22ClN3O2. The lowest BCUT2D eigenvalue weighted by atomic mass is 10.2. The van der Waals surface area contributed by atoms with Crippen LogP contribution in [0.3, 0.4) is 0 Å². The zero-order chi connectivity index (χ0) is 15.8. The van der Waals surface area contributed by atoms with E-state index < -0.39 is 0 Å². The first-order valence-electron chi connectivity index (χ1n) is 7.05. The number of hydrogen-bond donors (Lipinski definition) is 2. The Bertz CT molecular complexity index is 472. The first kappa shape index (κ1) is 17.5. The zero-order valence-electron chi connectivity index (χ0n) is 12.6. The summed E-state index contributed by atoms with van der Waals surface area (Å²) >= 11 is 5.78. The van der Waals surface area contributed by atoms with Gasteiger partial charge < -0.3 is 10.2 Å². The van der Waals surface area contributed by atoms with Gasteiger partial charge in [0, 0.05) is 23.8 Å². The van der Waals surface area contributed by atoms with Crippen molar-refractivity contribution in [2.45, 2.75) is 26.8 Å². The van der Waals surface area contributed by atoms with Crippen molar-refractivity contribution in [3.63, 3.8) is 0 Å². The summed E-state index contributed by atoms with van der Waals surface area (Å²) in [4.78, 5) is 25.6. The third-order valence-electron chi connectivity index (χ3n) is 3.14. The van der Waals surface area contributed by atoms with E-state index in [1.54, 1.807) is 36.1 Å². The van der Waals surface area contributed by atoms with Crippen LogP contribution < -0.4 is 10.6 Å². The van der Waals surface area contributed by atoms with Gasteiger partial charge in [-0.25, -0.2) is 0 Å². The number of nitrogens with one attached hydrogen (secondary N) is 2. The van der Waals surface area contributed by atoms with Crippen molar-refractivity contribution >= 4 is 29.1 Å². The molecule has 0 aromatic heterocycles. The molecule has 0 radical (unpaired) electrons. The molecule has 0 spiro atoms. The molecule has 0 heterocycles. The van der Waals surface area contributed by atoms with Crippen LogP contribution in [0.4, 0.5) is 5.69 Å². The zero-order valence-corrected chi connectivity index (χ0v) is 13.4. The summed E-state index contributed by atoms with van der Waals surface area (Å²) in [5.41, 5.74) is 0.675. The molecule has 2 amide bonds. The molecule has 0 fully saturated rings. The summed E-state index contributed by atoms with van der Waals surface area (Å²) in [5, 5.41) is 6.28. The average Bonchev–Trinajstić information content (AvgIpc) is 2.48. The van der Waals surface area contributed by atoms with Gasteiger partial charge in [0.2, 0.25) is 11.8 Å². The van der Waals surface area contributed by atoms with Crippen LogP contribution in [-0.2, 0) is 9.59 Å². The fraction of sp³-hybridized carbons (Fsp3) is 0.467. The average molecular weight is 312 g/mol. The molecule has 5 nitrogen and oxygen atoms in total. The number of rotatable bonds is 7. The highest BCUT2D eigenvalue weighted by Gasteiger charge is 2.18. The first-order chi connectivity index (χ1) is 9.97. The van der Waals surface area contributed by atoms with Gasteiger partial charge in [-0.15, -0.1) is 0 Å². The molecule has 0 saturated heterocycles. The Hall–Kier alpha value is -1.59. The Morgan fingerprint density at radius 1 is 1.19 bits per heavy atom. The van der Waals surface area contributed by atoms with Gasteiger partial charge >= 0.3 is 0 Å². The SMILES string of the molecule is CCN(CC)C(=O)C(C)NCC(=O)Nc1ccc(Cl)cc1. The third kappa shape index (κ3) is 5.73. The number of anilines is 1. The van der Waals surface area contributed by atoms with Crippen molar-refractivity contribution in [2.75, 3.05) is 25.0 Å². The van der Waals surface area contributed by atoms with Gasteiger partial charge in [0.05, 0.1) is 12.6 Å². The van der Waals surface area contributed by atoms with Crippen molar-refractivity contribution in [2.24, 2.45) is 0 Å². The Morgan fingerprint density at radius 2 is 1.76 bits per heavy atom. The molecule has 1 rings (SSSR count). The molecule has 0 aliphatic carbocycles. The summed E-state index contributed by atoms with van der Waals surface area (Å²) < 4.78 is 0. The van der Waals surface area contributed by atoms with Crippen LogP contribution in [0.2, 0.25) is 5.02 Å². The van der Waals surface area contributed by atoms with Crippen molar-refractivity contribution in [1.29, 1.82) is 0 Å². The Kier molecular flexibility index (Phi) is 7.19. The summed E-state index contributed by atoms with van der Waals surface area (Å²) in [6, 6.07) is 6.48. The third-order valence-corrected chi connectivity index (χ3v) is 3.39. The fourth-order valence-electron chi connectivity index (χ4n) is 1.88. The first-order valence-corrected chi connectivity index (χ1v) is 7.43. The maximum Gasteiger partial charge on any atom is 0.239 e. The maximum absolute atomic E-state index is 12.0. The van der Waals surface area contributed by atoms with Gasteiger partial charge in [-0.3, -0.25) is 14.9 Å². The monoisotopic (exact) mass is 311 g/mol. The lowest BCUT2D eigenvalue weighted by Crippen LogP contribution is -2.46. The van der Waals surface area contributed by atoms with E-state index >= 15 is 0 Å². The minimum absolute atomic E-state index is 0.000655. The largest absolute Gasteiger partial charge is 0.342 e. The smallest absolute Gasteiger partial charge is 0.239 e. The van der Waals surface area contributed by atoms with Gasteiger partial charge in [0.1, 0.15) is 0 Å². The fourth-order valence-corrected chi connectivity index (χ4v) is 2.01. The van der Waals surface area contributed by atoms with Gasteiger partial charge in [-0.05, 0) is 45.0 Å². The van der Waals surface area contributed by atoms with Crippen LogP contribution >= 0.6 is 11.6 Å². The molecular weight excluding hydrogens is 290 g/mol. The lowest BCUT2D eigenvalue weighted by molar-refractivity contribution is -0.132. The van der Waals surface area contributed by atoms with Crippen molar-refractivity contribution in [1.82, 2.24) is 10.2 Å². The Labute approximate surface area is 130 Å². The molecule has 1 unspecified atom stereocenters. The minimum Gasteiger partial charge on any atom is -0.342 e. The van der Waals surface area contributed by atoms with Crippen LogP contribution in [0.1, 0.15) is 20.8 Å². The normalized spacial score (nSPS) is 11.8. The van der Waals surface area contributed by atoms with E-state index in [0.717, 1.165) is 0 Å². The highest BCUT2D eigenvalue weighted by atomic mass is 35.5. The second kappa shape index (κ2) is 8.64. The van der Waals surface area contributed by atoms with Gasteiger partial charge in [-0.2, -0.15) is 0 Å². The molecule has 0 saturated carbocycles. The Morgan fingerprint density at radius 3 is 2.29 bits per heavy atom. The summed E-state index contributed by atoms with van der Waals surface area (Å²) in [5.74, 6) is -0.198. The number of carbonyl (C=O) groups is 2. The molecule has 2 N–H and O–H groups in total. The minimum atomic E-state index is -0.388. The number of halogens is 1. The predicted molar refractivity (Wildman–Crippen MR) is 85.5 cm³/mol. The molecule has 0 aliphatic rings. The molecule has 1 atom stereocenters. The summed E-state index contributed by atoms with van der Waals surface area (Å²) in [7, 11) is 0. The number of carbonyl (C=O) groups excluding carboxylic acids is 2. The van der Waals surface area contributed by atoms with E-state index in [2.05, 4.69) is 10.6 Å². The second-order valence-electron chi connectivity index (χ2n) is 4.67. The van der Waals surface area contributed by atoms with Gasteiger partial charge in [0.25, 0.3) is 0 Å². The molecule has 116 valence electrons. The van der Waals surface area contributed by atoms with Crippen molar-refractivity contribution in [3.8, 4) is 0 Å².